The first-order valence-electron chi connectivity index (χ1n) is 7.43. The van der Waals surface area contributed by atoms with Crippen molar-refractivity contribution in [1.82, 2.24) is 10.0 Å². The van der Waals surface area contributed by atoms with Crippen LogP contribution in [0.15, 0.2) is 0 Å². The highest BCUT2D eigenvalue weighted by Crippen LogP contribution is 2.30. The number of rotatable bonds is 6. The van der Waals surface area contributed by atoms with Gasteiger partial charge in [0.15, 0.2) is 0 Å². The van der Waals surface area contributed by atoms with Crippen LogP contribution in [0.2, 0.25) is 0 Å². The van der Waals surface area contributed by atoms with Crippen LogP contribution < -0.4 is 10.0 Å². The summed E-state index contributed by atoms with van der Waals surface area (Å²) in [7, 11) is -3.11. The predicted octanol–water partition coefficient (Wildman–Crippen LogP) is 1.58. The number of piperidine rings is 1. The Kier molecular flexibility index (Phi) is 5.99. The normalized spacial score (nSPS) is 29.7. The monoisotopic (exact) mass is 306 g/mol. The van der Waals surface area contributed by atoms with Crippen LogP contribution in [-0.2, 0) is 10.0 Å². The van der Waals surface area contributed by atoms with Crippen LogP contribution in [0, 0.1) is 5.92 Å². The second-order valence-electron chi connectivity index (χ2n) is 5.62. The summed E-state index contributed by atoms with van der Waals surface area (Å²) in [6.45, 7) is 4.05. The molecule has 0 bridgehead atoms. The predicted molar refractivity (Wildman–Crippen MR) is 82.1 cm³/mol. The molecule has 2 unspecified atom stereocenters. The second-order valence-corrected chi connectivity index (χ2v) is 8.94. The molecule has 1 saturated heterocycles. The summed E-state index contributed by atoms with van der Waals surface area (Å²) < 4.78 is 27.5. The van der Waals surface area contributed by atoms with Crippen LogP contribution in [0.4, 0.5) is 0 Å². The van der Waals surface area contributed by atoms with Gasteiger partial charge in [0.25, 0.3) is 0 Å². The van der Waals surface area contributed by atoms with Gasteiger partial charge in [0.1, 0.15) is 0 Å². The van der Waals surface area contributed by atoms with Crippen molar-refractivity contribution in [3.8, 4) is 0 Å². The van der Waals surface area contributed by atoms with Gasteiger partial charge in [-0.05, 0) is 50.4 Å². The molecule has 1 heterocycles. The highest BCUT2D eigenvalue weighted by atomic mass is 32.2. The minimum atomic E-state index is -3.11. The van der Waals surface area contributed by atoms with Gasteiger partial charge >= 0.3 is 0 Å². The van der Waals surface area contributed by atoms with Gasteiger partial charge in [-0.3, -0.25) is 0 Å². The Balaban J connectivity index is 1.85. The average Bonchev–Trinajstić information content (AvgIpc) is 2.77. The topological polar surface area (TPSA) is 58.2 Å². The summed E-state index contributed by atoms with van der Waals surface area (Å²) in [5, 5.41) is 3.76. The summed E-state index contributed by atoms with van der Waals surface area (Å²) in [6, 6.07) is 0.164. The molecule has 4 nitrogen and oxygen atoms in total. The van der Waals surface area contributed by atoms with Gasteiger partial charge < -0.3 is 5.32 Å². The van der Waals surface area contributed by atoms with Crippen LogP contribution in [0.3, 0.4) is 0 Å². The molecule has 2 aliphatic rings. The highest BCUT2D eigenvalue weighted by molar-refractivity contribution is 8.00. The van der Waals surface area contributed by atoms with Crippen molar-refractivity contribution in [2.24, 2.45) is 5.92 Å². The zero-order chi connectivity index (χ0) is 13.7. The molecule has 1 aliphatic heterocycles. The lowest BCUT2D eigenvalue weighted by atomic mass is 10.0. The number of sulfonamides is 1. The zero-order valence-corrected chi connectivity index (χ0v) is 13.4. The summed E-state index contributed by atoms with van der Waals surface area (Å²) in [6.07, 6.45) is 5.28. The van der Waals surface area contributed by atoms with Gasteiger partial charge in [0.2, 0.25) is 10.0 Å². The molecule has 0 aromatic heterocycles. The van der Waals surface area contributed by atoms with Gasteiger partial charge in [0, 0.05) is 11.3 Å². The van der Waals surface area contributed by atoms with Crippen molar-refractivity contribution in [3.05, 3.63) is 0 Å². The largest absolute Gasteiger partial charge is 0.317 e. The van der Waals surface area contributed by atoms with E-state index in [-0.39, 0.29) is 6.04 Å². The maximum absolute atomic E-state index is 12.3. The molecule has 2 N–H and O–H groups in total. The van der Waals surface area contributed by atoms with Gasteiger partial charge in [-0.25, -0.2) is 13.1 Å². The first-order valence-corrected chi connectivity index (χ1v) is 10.1. The lowest BCUT2D eigenvalue weighted by Crippen LogP contribution is -2.42. The molecule has 0 aromatic carbocycles. The van der Waals surface area contributed by atoms with Crippen LogP contribution in [0.25, 0.3) is 0 Å². The quantitative estimate of drug-likeness (QED) is 0.782. The smallest absolute Gasteiger partial charge is 0.212 e. The average molecular weight is 306 g/mol. The molecule has 0 radical (unpaired) electrons. The van der Waals surface area contributed by atoms with E-state index >= 15 is 0 Å². The zero-order valence-electron chi connectivity index (χ0n) is 11.7. The van der Waals surface area contributed by atoms with Crippen LogP contribution in [0.5, 0.6) is 0 Å². The molecule has 2 atom stereocenters. The van der Waals surface area contributed by atoms with Crippen molar-refractivity contribution in [2.45, 2.75) is 50.3 Å². The maximum Gasteiger partial charge on any atom is 0.212 e. The van der Waals surface area contributed by atoms with Crippen LogP contribution >= 0.6 is 11.8 Å². The molecule has 1 aliphatic carbocycles. The minimum Gasteiger partial charge on any atom is -0.317 e. The lowest BCUT2D eigenvalue weighted by molar-refractivity contribution is 0.399. The third kappa shape index (κ3) is 4.92. The first kappa shape index (κ1) is 15.6. The number of hydrogen-bond acceptors (Lipinski definition) is 4. The van der Waals surface area contributed by atoms with E-state index in [0.717, 1.165) is 50.9 Å². The Morgan fingerprint density at radius 3 is 2.63 bits per heavy atom. The van der Waals surface area contributed by atoms with Crippen molar-refractivity contribution < 1.29 is 8.42 Å². The molecule has 2 fully saturated rings. The molecule has 112 valence electrons. The molecule has 6 heteroatoms. The Labute approximate surface area is 121 Å². The Morgan fingerprint density at radius 1 is 1.21 bits per heavy atom. The van der Waals surface area contributed by atoms with Crippen LogP contribution in [0.1, 0.15) is 39.0 Å². The minimum absolute atomic E-state index is 0.164. The van der Waals surface area contributed by atoms with E-state index in [1.165, 1.54) is 0 Å². The highest BCUT2D eigenvalue weighted by Gasteiger charge is 2.31. The van der Waals surface area contributed by atoms with Crippen LogP contribution in [-0.4, -0.2) is 44.3 Å². The molecular weight excluding hydrogens is 280 g/mol. The molecule has 19 heavy (non-hydrogen) atoms. The summed E-state index contributed by atoms with van der Waals surface area (Å²) in [4.78, 5) is 0. The summed E-state index contributed by atoms with van der Waals surface area (Å²) >= 11 is 1.90. The van der Waals surface area contributed by atoms with E-state index < -0.39 is 10.0 Å². The van der Waals surface area contributed by atoms with Crippen molar-refractivity contribution in [1.29, 1.82) is 0 Å². The summed E-state index contributed by atoms with van der Waals surface area (Å²) in [5.41, 5.74) is 0. The summed E-state index contributed by atoms with van der Waals surface area (Å²) in [5.74, 6) is 1.71. The van der Waals surface area contributed by atoms with E-state index in [9.17, 15) is 8.42 Å². The molecule has 0 amide bonds. The van der Waals surface area contributed by atoms with Crippen molar-refractivity contribution in [3.63, 3.8) is 0 Å². The Bertz CT molecular complexity index is 367. The Hall–Kier alpha value is 0.220. The fraction of sp³-hybridized carbons (Fsp3) is 1.00. The maximum atomic E-state index is 12.3. The van der Waals surface area contributed by atoms with E-state index in [1.807, 2.05) is 11.8 Å². The van der Waals surface area contributed by atoms with Crippen molar-refractivity contribution >= 4 is 21.8 Å². The van der Waals surface area contributed by atoms with E-state index in [2.05, 4.69) is 17.0 Å². The third-order valence-electron chi connectivity index (χ3n) is 4.08. The van der Waals surface area contributed by atoms with Crippen molar-refractivity contribution in [2.75, 3.05) is 24.6 Å². The SMILES string of the molecule is CCSC1CCCC1NS(=O)(=O)CC1CCNCC1. The van der Waals surface area contributed by atoms with E-state index in [4.69, 9.17) is 0 Å². The van der Waals surface area contributed by atoms with Gasteiger partial charge in [0.05, 0.1) is 5.75 Å². The van der Waals surface area contributed by atoms with Gasteiger partial charge in [-0.2, -0.15) is 11.8 Å². The number of nitrogens with one attached hydrogen (secondary N) is 2. The standard InChI is InChI=1S/C13H26N2O2S2/c1-2-18-13-5-3-4-12(13)15-19(16,17)10-11-6-8-14-9-7-11/h11-15H,2-10H2,1H3. The van der Waals surface area contributed by atoms with Gasteiger partial charge in [-0.15, -0.1) is 0 Å². The van der Waals surface area contributed by atoms with Gasteiger partial charge in [-0.1, -0.05) is 13.3 Å². The second kappa shape index (κ2) is 7.29. The number of hydrogen-bond donors (Lipinski definition) is 2. The first-order chi connectivity index (χ1) is 9.11. The van der Waals surface area contributed by atoms with E-state index in [0.29, 0.717) is 16.9 Å². The lowest BCUT2D eigenvalue weighted by Gasteiger charge is -2.25. The number of thioether (sulfide) groups is 1. The molecule has 0 spiro atoms. The molecule has 1 saturated carbocycles. The molecule has 2 rings (SSSR count). The van der Waals surface area contributed by atoms with E-state index in [1.54, 1.807) is 0 Å². The third-order valence-corrected chi connectivity index (χ3v) is 6.98. The molecule has 0 aromatic rings. The Morgan fingerprint density at radius 2 is 1.95 bits per heavy atom. The fourth-order valence-corrected chi connectivity index (χ4v) is 6.19. The molecular formula is C13H26N2O2S2. The fourth-order valence-electron chi connectivity index (χ4n) is 3.11.